The summed E-state index contributed by atoms with van der Waals surface area (Å²) in [6.45, 7) is 0. The number of hydrogen-bond acceptors (Lipinski definition) is 1. The zero-order chi connectivity index (χ0) is 41.5. The molecule has 0 saturated carbocycles. The number of para-hydroxylation sites is 1. The summed E-state index contributed by atoms with van der Waals surface area (Å²) in [7, 11) is 0. The summed E-state index contributed by atoms with van der Waals surface area (Å²) in [5, 5.41) is 0. The average Bonchev–Trinajstić information content (AvgIpc) is 3.36. The molecule has 9 aromatic rings. The Morgan fingerprint density at radius 2 is 0.581 bits per heavy atom. The second-order valence-electron chi connectivity index (χ2n) is 15.5. The van der Waals surface area contributed by atoms with Crippen molar-refractivity contribution in [2.75, 3.05) is 4.90 Å². The van der Waals surface area contributed by atoms with E-state index in [9.17, 15) is 0 Å². The molecule has 0 heterocycles. The first kappa shape index (κ1) is 39.1. The fourth-order valence-electron chi connectivity index (χ4n) is 8.26. The maximum atomic E-state index is 2.39. The Hall–Kier alpha value is -7.01. The molecule has 0 aromatic heterocycles. The second kappa shape index (κ2) is 18.3. The van der Waals surface area contributed by atoms with Gasteiger partial charge >= 0.3 is 293 Å². The van der Waals surface area contributed by atoms with Gasteiger partial charge in [-0.25, -0.2) is 0 Å². The van der Waals surface area contributed by atoms with Crippen molar-refractivity contribution in [3.05, 3.63) is 271 Å². The summed E-state index contributed by atoms with van der Waals surface area (Å²) in [6.07, 6.45) is 9.16. The minimum atomic E-state index is -2.02. The van der Waals surface area contributed by atoms with Gasteiger partial charge in [-0.15, -0.1) is 0 Å². The van der Waals surface area contributed by atoms with Crippen LogP contribution in [0.25, 0.3) is 50.1 Å². The minimum absolute atomic E-state index is 1.11. The fraction of sp³-hybridized carbons (Fsp3) is 0.0333. The molecule has 2 heteroatoms. The molecule has 10 rings (SSSR count). The maximum absolute atomic E-state index is 2.39. The molecule has 0 unspecified atom stereocenters. The predicted octanol–water partition coefficient (Wildman–Crippen LogP) is 17.0. The molecule has 0 radical (unpaired) electrons. The third-order valence-corrected chi connectivity index (χ3v) is 17.4. The zero-order valence-electron chi connectivity index (χ0n) is 34.5. The number of rotatable bonds is 11. The van der Waals surface area contributed by atoms with Gasteiger partial charge in [0.25, 0.3) is 0 Å². The van der Waals surface area contributed by atoms with Crippen LogP contribution in [0.2, 0.25) is 0 Å². The van der Waals surface area contributed by atoms with E-state index in [1.165, 1.54) is 66.4 Å². The van der Waals surface area contributed by atoms with Gasteiger partial charge in [0.1, 0.15) is 0 Å². The van der Waals surface area contributed by atoms with E-state index in [1.807, 2.05) is 0 Å². The van der Waals surface area contributed by atoms with E-state index >= 15 is 0 Å². The van der Waals surface area contributed by atoms with Crippen LogP contribution in [0.3, 0.4) is 0 Å². The molecule has 0 bridgehead atoms. The van der Waals surface area contributed by atoms with Crippen molar-refractivity contribution in [3.8, 4) is 44.5 Å². The standard InChI is InChI=1S/C60H46IN/c1-5-13-45(14-6-1)48-21-23-49(24-22-48)53-31-41-59(42-32-53)62(58-19-11-4-12-20-58)60-43-33-54(34-44-60)52-29-39-57(40-30-52)61(55-35-25-50(26-36-55)46-15-7-2-8-16-46)56-37-27-51(28-38-56)47-17-9-3-10-18-47/h1-2,4-9,11-44H,3,10H2. The van der Waals surface area contributed by atoms with Crippen LogP contribution < -0.4 is 4.90 Å². The van der Waals surface area contributed by atoms with Gasteiger partial charge in [-0.2, -0.15) is 0 Å². The predicted molar refractivity (Wildman–Crippen MR) is 272 cm³/mol. The van der Waals surface area contributed by atoms with E-state index in [4.69, 9.17) is 0 Å². The summed E-state index contributed by atoms with van der Waals surface area (Å²) in [6, 6.07) is 86.8. The molecular weight excluding hydrogens is 862 g/mol. The Balaban J connectivity index is 0.919. The Bertz CT molecular complexity index is 2920. The Kier molecular flexibility index (Phi) is 11.6. The van der Waals surface area contributed by atoms with Gasteiger partial charge in [0, 0.05) is 0 Å². The molecule has 1 aliphatic rings. The van der Waals surface area contributed by atoms with Gasteiger partial charge in [0.15, 0.2) is 0 Å². The summed E-state index contributed by atoms with van der Waals surface area (Å²) in [4.78, 5) is 2.33. The van der Waals surface area contributed by atoms with Gasteiger partial charge in [0.2, 0.25) is 0 Å². The van der Waals surface area contributed by atoms with Crippen molar-refractivity contribution in [3.63, 3.8) is 0 Å². The van der Waals surface area contributed by atoms with Crippen LogP contribution in [0, 0.1) is 10.7 Å². The molecule has 0 aliphatic heterocycles. The van der Waals surface area contributed by atoms with Crippen LogP contribution in [-0.2, 0) is 0 Å². The summed E-state index contributed by atoms with van der Waals surface area (Å²) < 4.78 is 4.31. The van der Waals surface area contributed by atoms with Crippen molar-refractivity contribution < 1.29 is 0 Å². The fourth-order valence-corrected chi connectivity index (χ4v) is 13.7. The van der Waals surface area contributed by atoms with E-state index in [2.05, 4.69) is 260 Å². The van der Waals surface area contributed by atoms with Gasteiger partial charge in [0.05, 0.1) is 0 Å². The van der Waals surface area contributed by atoms with Gasteiger partial charge in [-0.05, 0) is 22.3 Å². The van der Waals surface area contributed by atoms with E-state index in [0.717, 1.165) is 29.9 Å². The van der Waals surface area contributed by atoms with E-state index in [1.54, 1.807) is 0 Å². The monoisotopic (exact) mass is 907 g/mol. The number of halogens is 1. The van der Waals surface area contributed by atoms with Crippen LogP contribution in [0.4, 0.5) is 17.1 Å². The molecule has 1 nitrogen and oxygen atoms in total. The van der Waals surface area contributed by atoms with Crippen molar-refractivity contribution in [2.45, 2.75) is 12.8 Å². The molecule has 0 fully saturated rings. The normalized spacial score (nSPS) is 12.4. The third kappa shape index (κ3) is 8.61. The second-order valence-corrected chi connectivity index (χ2v) is 20.9. The first-order valence-corrected chi connectivity index (χ1v) is 24.6. The van der Waals surface area contributed by atoms with Gasteiger partial charge < -0.3 is 0 Å². The number of hydrogen-bond donors (Lipinski definition) is 0. The van der Waals surface area contributed by atoms with Crippen molar-refractivity contribution >= 4 is 42.5 Å². The summed E-state index contributed by atoms with van der Waals surface area (Å²) >= 11 is -2.02. The van der Waals surface area contributed by atoms with E-state index in [-0.39, 0.29) is 0 Å². The number of anilines is 3. The molecule has 298 valence electrons. The molecule has 0 saturated heterocycles. The molecule has 62 heavy (non-hydrogen) atoms. The Labute approximate surface area is 373 Å². The van der Waals surface area contributed by atoms with Crippen LogP contribution in [0.1, 0.15) is 18.4 Å². The molecular formula is C60H46IN. The SMILES string of the molecule is C1=CC(c2ccc(I(c3ccc(-c4ccccc4)cc3)c3ccc(-c4ccc(N(c5ccccc5)c5ccc(-c6ccc(-c7ccccc7)cc6)cc5)cc4)cc3)cc2)=CCC1. The quantitative estimate of drug-likeness (QED) is 0.117. The first-order valence-electron chi connectivity index (χ1n) is 21.4. The molecule has 0 N–H and O–H groups in total. The van der Waals surface area contributed by atoms with Crippen LogP contribution in [-0.4, -0.2) is 0 Å². The molecule has 0 amide bonds. The van der Waals surface area contributed by atoms with Crippen molar-refractivity contribution in [2.24, 2.45) is 0 Å². The van der Waals surface area contributed by atoms with Crippen molar-refractivity contribution in [1.29, 1.82) is 0 Å². The number of nitrogens with zero attached hydrogens (tertiary/aromatic N) is 1. The Morgan fingerprint density at radius 1 is 0.274 bits per heavy atom. The van der Waals surface area contributed by atoms with Crippen LogP contribution in [0.5, 0.6) is 0 Å². The zero-order valence-corrected chi connectivity index (χ0v) is 36.6. The van der Waals surface area contributed by atoms with Gasteiger partial charge in [-0.1, -0.05) is 60.7 Å². The molecule has 1 aliphatic carbocycles. The molecule has 0 spiro atoms. The number of allylic oxidation sites excluding steroid dienone is 4. The average molecular weight is 908 g/mol. The summed E-state index contributed by atoms with van der Waals surface area (Å²) in [5.74, 6) is 0. The van der Waals surface area contributed by atoms with Crippen LogP contribution in [0.15, 0.2) is 255 Å². The van der Waals surface area contributed by atoms with Crippen molar-refractivity contribution in [1.82, 2.24) is 0 Å². The van der Waals surface area contributed by atoms with E-state index < -0.39 is 19.8 Å². The third-order valence-electron chi connectivity index (χ3n) is 11.5. The molecule has 0 atom stereocenters. The molecule has 9 aromatic carbocycles. The van der Waals surface area contributed by atoms with Gasteiger partial charge in [-0.3, -0.25) is 0 Å². The van der Waals surface area contributed by atoms with E-state index in [0.29, 0.717) is 0 Å². The first-order chi connectivity index (χ1) is 30.7. The summed E-state index contributed by atoms with van der Waals surface area (Å²) in [5.41, 5.74) is 15.8. The topological polar surface area (TPSA) is 3.24 Å². The van der Waals surface area contributed by atoms with Crippen LogP contribution >= 0.6 is 19.8 Å². The Morgan fingerprint density at radius 3 is 0.952 bits per heavy atom. The number of benzene rings is 9.